The molecule has 112 valence electrons. The van der Waals surface area contributed by atoms with E-state index in [-0.39, 0.29) is 0 Å². The lowest BCUT2D eigenvalue weighted by Gasteiger charge is -2.52. The van der Waals surface area contributed by atoms with Gasteiger partial charge in [-0.05, 0) is 85.5 Å². The molecule has 0 amide bonds. The average molecular weight is 282 g/mol. The molecule has 0 unspecified atom stereocenters. The van der Waals surface area contributed by atoms with E-state index in [0.29, 0.717) is 11.3 Å². The van der Waals surface area contributed by atoms with E-state index in [1.54, 1.807) is 5.57 Å². The first kappa shape index (κ1) is 13.6. The van der Waals surface area contributed by atoms with E-state index in [1.807, 2.05) is 6.08 Å². The Morgan fingerprint density at radius 2 is 2.14 bits per heavy atom. The molecular formula is C20H26O. The molecular weight excluding hydrogens is 256 g/mol. The Bertz CT molecular complexity index is 536. The SMILES string of the molecule is C[C@]12CC[C@H]3[C@@H](CC=C4C=CCC[C@@H]43)[C@@H]1CC[C@H]2C=C=O. The van der Waals surface area contributed by atoms with Gasteiger partial charge in [-0.15, -0.1) is 0 Å². The van der Waals surface area contributed by atoms with E-state index in [2.05, 4.69) is 31.1 Å². The molecule has 1 heteroatoms. The van der Waals surface area contributed by atoms with Crippen LogP contribution in [0.4, 0.5) is 0 Å². The van der Waals surface area contributed by atoms with Gasteiger partial charge in [-0.25, -0.2) is 4.79 Å². The van der Waals surface area contributed by atoms with Crippen molar-refractivity contribution in [2.75, 3.05) is 0 Å². The van der Waals surface area contributed by atoms with Crippen molar-refractivity contribution in [3.63, 3.8) is 0 Å². The summed E-state index contributed by atoms with van der Waals surface area (Å²) in [6.45, 7) is 2.46. The Morgan fingerprint density at radius 3 is 3.00 bits per heavy atom. The Morgan fingerprint density at radius 1 is 1.24 bits per heavy atom. The van der Waals surface area contributed by atoms with Crippen LogP contribution in [0.15, 0.2) is 29.9 Å². The fourth-order valence-corrected chi connectivity index (χ4v) is 6.29. The average Bonchev–Trinajstić information content (AvgIpc) is 2.84. The van der Waals surface area contributed by atoms with Gasteiger partial charge in [0.25, 0.3) is 0 Å². The van der Waals surface area contributed by atoms with Gasteiger partial charge in [-0.1, -0.05) is 25.2 Å². The summed E-state index contributed by atoms with van der Waals surface area (Å²) in [5.74, 6) is 6.01. The molecule has 0 spiro atoms. The summed E-state index contributed by atoms with van der Waals surface area (Å²) in [5, 5.41) is 0. The quantitative estimate of drug-likeness (QED) is 0.635. The van der Waals surface area contributed by atoms with Crippen molar-refractivity contribution in [2.24, 2.45) is 35.0 Å². The van der Waals surface area contributed by atoms with Crippen molar-refractivity contribution < 1.29 is 4.79 Å². The molecule has 2 saturated carbocycles. The zero-order chi connectivity index (χ0) is 14.4. The van der Waals surface area contributed by atoms with E-state index in [9.17, 15) is 4.79 Å². The maximum atomic E-state index is 10.9. The monoisotopic (exact) mass is 282 g/mol. The highest BCUT2D eigenvalue weighted by Gasteiger charge is 2.54. The van der Waals surface area contributed by atoms with E-state index in [1.165, 1.54) is 44.9 Å². The highest BCUT2D eigenvalue weighted by Crippen LogP contribution is 2.63. The number of carbonyl (C=O) groups excluding carboxylic acids is 1. The molecule has 0 radical (unpaired) electrons. The fourth-order valence-electron chi connectivity index (χ4n) is 6.29. The number of rotatable bonds is 1. The molecule has 0 aliphatic heterocycles. The summed E-state index contributed by atoms with van der Waals surface area (Å²) in [7, 11) is 0. The van der Waals surface area contributed by atoms with Gasteiger partial charge in [-0.2, -0.15) is 0 Å². The molecule has 4 aliphatic carbocycles. The molecule has 0 aromatic rings. The lowest BCUT2D eigenvalue weighted by Crippen LogP contribution is -2.45. The molecule has 0 saturated heterocycles. The lowest BCUT2D eigenvalue weighted by atomic mass is 9.52. The first-order valence-electron chi connectivity index (χ1n) is 8.81. The summed E-state index contributed by atoms with van der Waals surface area (Å²) in [4.78, 5) is 10.9. The Labute approximate surface area is 128 Å². The van der Waals surface area contributed by atoms with Gasteiger partial charge < -0.3 is 0 Å². The topological polar surface area (TPSA) is 17.1 Å². The van der Waals surface area contributed by atoms with E-state index in [4.69, 9.17) is 0 Å². The number of hydrogen-bond donors (Lipinski definition) is 0. The van der Waals surface area contributed by atoms with Crippen LogP contribution in [-0.4, -0.2) is 5.94 Å². The van der Waals surface area contributed by atoms with Gasteiger partial charge in [0, 0.05) is 6.08 Å². The first-order chi connectivity index (χ1) is 10.2. The van der Waals surface area contributed by atoms with Crippen LogP contribution in [0.25, 0.3) is 0 Å². The molecule has 0 aromatic heterocycles. The summed E-state index contributed by atoms with van der Waals surface area (Å²) in [6, 6.07) is 0. The van der Waals surface area contributed by atoms with Crippen LogP contribution in [0.2, 0.25) is 0 Å². The molecule has 4 aliphatic rings. The van der Waals surface area contributed by atoms with E-state index in [0.717, 1.165) is 23.7 Å². The standard InChI is InChI=1S/C20H26O/c1-20-12-10-17-16-5-3-2-4-14(16)6-8-18(17)19(20)9-7-15(20)11-13-21/h2,4,6,11,15-19H,3,5,7-10,12H2,1H3/t15-,16-,17+,18+,19-,20+/m0/s1. The zero-order valence-corrected chi connectivity index (χ0v) is 13.1. The predicted octanol–water partition coefficient (Wildman–Crippen LogP) is 4.73. The smallest absolute Gasteiger partial charge is 0.120 e. The van der Waals surface area contributed by atoms with Crippen molar-refractivity contribution in [3.05, 3.63) is 29.9 Å². The summed E-state index contributed by atoms with van der Waals surface area (Å²) in [6.07, 6.45) is 18.3. The summed E-state index contributed by atoms with van der Waals surface area (Å²) in [5.41, 5.74) is 2.00. The molecule has 0 bridgehead atoms. The van der Waals surface area contributed by atoms with Crippen LogP contribution >= 0.6 is 0 Å². The first-order valence-corrected chi connectivity index (χ1v) is 8.81. The van der Waals surface area contributed by atoms with E-state index >= 15 is 0 Å². The molecule has 0 heterocycles. The van der Waals surface area contributed by atoms with Gasteiger partial charge >= 0.3 is 0 Å². The maximum Gasteiger partial charge on any atom is 0.120 e. The second-order valence-corrected chi connectivity index (χ2v) is 7.97. The van der Waals surface area contributed by atoms with Crippen molar-refractivity contribution in [1.29, 1.82) is 0 Å². The number of allylic oxidation sites excluding steroid dienone is 5. The Balaban J connectivity index is 1.65. The van der Waals surface area contributed by atoms with Gasteiger partial charge in [0.15, 0.2) is 0 Å². The maximum absolute atomic E-state index is 10.9. The predicted molar refractivity (Wildman–Crippen MR) is 85.4 cm³/mol. The molecule has 21 heavy (non-hydrogen) atoms. The largest absolute Gasteiger partial charge is 0.234 e. The molecule has 0 aromatic carbocycles. The third kappa shape index (κ3) is 1.94. The second kappa shape index (κ2) is 4.99. The van der Waals surface area contributed by atoms with Crippen molar-refractivity contribution in [2.45, 2.75) is 51.9 Å². The number of hydrogen-bond acceptors (Lipinski definition) is 1. The summed E-state index contributed by atoms with van der Waals surface area (Å²) >= 11 is 0. The van der Waals surface area contributed by atoms with Crippen molar-refractivity contribution >= 4 is 5.94 Å². The van der Waals surface area contributed by atoms with Crippen LogP contribution < -0.4 is 0 Å². The van der Waals surface area contributed by atoms with Gasteiger partial charge in [0.05, 0.1) is 0 Å². The lowest BCUT2D eigenvalue weighted by molar-refractivity contribution is 0.000572. The van der Waals surface area contributed by atoms with Gasteiger partial charge in [0.2, 0.25) is 0 Å². The van der Waals surface area contributed by atoms with Crippen molar-refractivity contribution in [1.82, 2.24) is 0 Å². The highest BCUT2D eigenvalue weighted by molar-refractivity contribution is 5.46. The third-order valence-electron chi connectivity index (χ3n) is 7.36. The van der Waals surface area contributed by atoms with Crippen LogP contribution in [0.5, 0.6) is 0 Å². The Kier molecular flexibility index (Phi) is 3.23. The van der Waals surface area contributed by atoms with Gasteiger partial charge in [-0.3, -0.25) is 0 Å². The van der Waals surface area contributed by atoms with Crippen LogP contribution in [0.3, 0.4) is 0 Å². The second-order valence-electron chi connectivity index (χ2n) is 7.97. The van der Waals surface area contributed by atoms with Crippen LogP contribution in [0.1, 0.15) is 51.9 Å². The molecule has 4 rings (SSSR count). The zero-order valence-electron chi connectivity index (χ0n) is 13.1. The third-order valence-corrected chi connectivity index (χ3v) is 7.36. The minimum atomic E-state index is 0.369. The normalized spacial score (nSPS) is 47.7. The minimum Gasteiger partial charge on any atom is -0.234 e. The van der Waals surface area contributed by atoms with Crippen LogP contribution in [0, 0.1) is 35.0 Å². The van der Waals surface area contributed by atoms with Crippen molar-refractivity contribution in [3.8, 4) is 0 Å². The van der Waals surface area contributed by atoms with Crippen LogP contribution in [-0.2, 0) is 4.79 Å². The van der Waals surface area contributed by atoms with Gasteiger partial charge in [0.1, 0.15) is 5.94 Å². The summed E-state index contributed by atoms with van der Waals surface area (Å²) < 4.78 is 0. The molecule has 6 atom stereocenters. The molecule has 1 nitrogen and oxygen atoms in total. The Hall–Kier alpha value is -1.07. The highest BCUT2D eigenvalue weighted by atomic mass is 16.1. The minimum absolute atomic E-state index is 0.369. The van der Waals surface area contributed by atoms with E-state index < -0.39 is 0 Å². The molecule has 2 fully saturated rings. The molecule has 0 N–H and O–H groups in total. The fraction of sp³-hybridized carbons (Fsp3) is 0.700. The number of fused-ring (bicyclic) bond motifs is 5.